The minimum Gasteiger partial charge on any atom is -0.335 e. The first-order valence-corrected chi connectivity index (χ1v) is 10.7. The van der Waals surface area contributed by atoms with E-state index >= 15 is 0 Å². The molecule has 4 nitrogen and oxygen atoms in total. The molecular formula is C23H27ClFN3O. The van der Waals surface area contributed by atoms with Gasteiger partial charge >= 0.3 is 0 Å². The van der Waals surface area contributed by atoms with Gasteiger partial charge in [-0.2, -0.15) is 0 Å². The number of amides is 1. The van der Waals surface area contributed by atoms with Gasteiger partial charge in [0.15, 0.2) is 0 Å². The number of fused-ring (bicyclic) bond motifs is 1. The maximum Gasteiger partial charge on any atom is 0.240 e. The number of benzene rings is 2. The van der Waals surface area contributed by atoms with E-state index in [1.165, 1.54) is 12.1 Å². The zero-order chi connectivity index (χ0) is 20.4. The fourth-order valence-electron chi connectivity index (χ4n) is 4.41. The Hall–Kier alpha value is -1.95. The number of hydrogen-bond donors (Lipinski definition) is 1. The number of carbonyl (C=O) groups excluding carboxylic acids is 1. The average molecular weight is 416 g/mol. The van der Waals surface area contributed by atoms with Crippen LogP contribution in [0, 0.1) is 5.82 Å². The maximum atomic E-state index is 13.5. The molecule has 154 valence electrons. The highest BCUT2D eigenvalue weighted by atomic mass is 35.5. The molecule has 2 fully saturated rings. The topological polar surface area (TPSA) is 35.6 Å². The molecule has 0 unspecified atom stereocenters. The van der Waals surface area contributed by atoms with Crippen molar-refractivity contribution in [2.24, 2.45) is 0 Å². The molecule has 2 saturated heterocycles. The van der Waals surface area contributed by atoms with Gasteiger partial charge in [0.25, 0.3) is 0 Å². The summed E-state index contributed by atoms with van der Waals surface area (Å²) in [6.07, 6.45) is 1.72. The Morgan fingerprint density at radius 2 is 1.76 bits per heavy atom. The summed E-state index contributed by atoms with van der Waals surface area (Å²) < 4.78 is 13.3. The number of carbonyl (C=O) groups is 1. The van der Waals surface area contributed by atoms with E-state index in [4.69, 9.17) is 11.6 Å². The Bertz CT molecular complexity index is 842. The van der Waals surface area contributed by atoms with Gasteiger partial charge in [-0.3, -0.25) is 9.69 Å². The lowest BCUT2D eigenvalue weighted by Gasteiger charge is -2.50. The molecule has 29 heavy (non-hydrogen) atoms. The minimum atomic E-state index is -0.257. The molecule has 2 aromatic carbocycles. The molecule has 2 aliphatic rings. The Morgan fingerprint density at radius 3 is 2.45 bits per heavy atom. The lowest BCUT2D eigenvalue weighted by molar-refractivity contribution is -0.147. The molecule has 0 saturated carbocycles. The number of rotatable bonds is 5. The van der Waals surface area contributed by atoms with E-state index in [0.29, 0.717) is 30.6 Å². The summed E-state index contributed by atoms with van der Waals surface area (Å²) in [7, 11) is 0. The van der Waals surface area contributed by atoms with Crippen molar-refractivity contribution in [2.75, 3.05) is 19.6 Å². The predicted molar refractivity (Wildman–Crippen MR) is 113 cm³/mol. The van der Waals surface area contributed by atoms with Gasteiger partial charge in [0, 0.05) is 43.3 Å². The molecule has 0 radical (unpaired) electrons. The molecular weight excluding hydrogens is 389 g/mol. The van der Waals surface area contributed by atoms with Crippen molar-refractivity contribution in [3.63, 3.8) is 0 Å². The van der Waals surface area contributed by atoms with Crippen molar-refractivity contribution < 1.29 is 9.18 Å². The van der Waals surface area contributed by atoms with E-state index < -0.39 is 0 Å². The summed E-state index contributed by atoms with van der Waals surface area (Å²) in [5.41, 5.74) is 2.07. The van der Waals surface area contributed by atoms with E-state index in [9.17, 15) is 9.18 Å². The van der Waals surface area contributed by atoms with Gasteiger partial charge in [-0.1, -0.05) is 42.8 Å². The normalized spacial score (nSPS) is 25.1. The molecule has 4 rings (SSSR count). The number of nitrogens with one attached hydrogen (secondary N) is 1. The van der Waals surface area contributed by atoms with Crippen molar-refractivity contribution in [1.82, 2.24) is 15.1 Å². The zero-order valence-corrected chi connectivity index (χ0v) is 17.4. The number of halogens is 2. The van der Waals surface area contributed by atoms with Gasteiger partial charge in [0.2, 0.25) is 5.91 Å². The molecule has 0 spiro atoms. The zero-order valence-electron chi connectivity index (χ0n) is 16.7. The smallest absolute Gasteiger partial charge is 0.240 e. The fraction of sp³-hybridized carbons (Fsp3) is 0.435. The Kier molecular flexibility index (Phi) is 6.18. The summed E-state index contributed by atoms with van der Waals surface area (Å²) in [5, 5.41) is 4.32. The summed E-state index contributed by atoms with van der Waals surface area (Å²) in [5.74, 6) is -0.107. The van der Waals surface area contributed by atoms with E-state index in [1.54, 1.807) is 12.1 Å². The van der Waals surface area contributed by atoms with Crippen LogP contribution in [0.5, 0.6) is 0 Å². The SMILES string of the molecule is CC[C@H]1CN2[C@H](CN1)CN(Cc1ccc(F)cc1)C(=O)[C@@H]2Cc1ccc(Cl)cc1. The molecule has 3 atom stereocenters. The molecule has 2 aromatic rings. The van der Waals surface area contributed by atoms with E-state index in [2.05, 4.69) is 17.1 Å². The molecule has 1 N–H and O–H groups in total. The highest BCUT2D eigenvalue weighted by Gasteiger charge is 2.43. The van der Waals surface area contributed by atoms with Crippen LogP contribution in [0.4, 0.5) is 4.39 Å². The predicted octanol–water partition coefficient (Wildman–Crippen LogP) is 3.49. The van der Waals surface area contributed by atoms with E-state index in [-0.39, 0.29) is 23.8 Å². The van der Waals surface area contributed by atoms with Gasteiger partial charge in [-0.05, 0) is 48.2 Å². The number of piperazine rings is 2. The lowest BCUT2D eigenvalue weighted by Crippen LogP contribution is -2.69. The van der Waals surface area contributed by atoms with Crippen LogP contribution in [-0.2, 0) is 17.8 Å². The third kappa shape index (κ3) is 4.63. The van der Waals surface area contributed by atoms with E-state index in [1.807, 2.05) is 29.2 Å². The molecule has 0 aromatic heterocycles. The van der Waals surface area contributed by atoms with Crippen LogP contribution < -0.4 is 5.32 Å². The van der Waals surface area contributed by atoms with Crippen LogP contribution in [0.15, 0.2) is 48.5 Å². The Morgan fingerprint density at radius 1 is 1.07 bits per heavy atom. The Balaban J connectivity index is 1.57. The van der Waals surface area contributed by atoms with Crippen molar-refractivity contribution >= 4 is 17.5 Å². The molecule has 0 aliphatic carbocycles. The second-order valence-electron chi connectivity index (χ2n) is 8.06. The van der Waals surface area contributed by atoms with Crippen LogP contribution in [0.1, 0.15) is 24.5 Å². The van der Waals surface area contributed by atoms with Crippen LogP contribution in [0.25, 0.3) is 0 Å². The van der Waals surface area contributed by atoms with Crippen LogP contribution >= 0.6 is 11.6 Å². The monoisotopic (exact) mass is 415 g/mol. The van der Waals surface area contributed by atoms with E-state index in [0.717, 1.165) is 30.6 Å². The third-order valence-corrected chi connectivity index (χ3v) is 6.34. The first-order chi connectivity index (χ1) is 14.0. The Labute approximate surface area is 176 Å². The van der Waals surface area contributed by atoms with Crippen LogP contribution in [0.3, 0.4) is 0 Å². The summed E-state index contributed by atoms with van der Waals surface area (Å²) >= 11 is 6.04. The highest BCUT2D eigenvalue weighted by molar-refractivity contribution is 6.30. The van der Waals surface area contributed by atoms with Crippen molar-refractivity contribution in [3.05, 3.63) is 70.5 Å². The first kappa shape index (κ1) is 20.3. The standard InChI is InChI=1S/C23H27ClFN3O/c1-2-20-14-28-21(12-26-20)15-27(13-17-5-9-19(25)10-6-17)23(29)22(28)11-16-3-7-18(24)8-4-16/h3-10,20-22,26H,2,11-15H2,1H3/t20-,21+,22-/m0/s1. The minimum absolute atomic E-state index is 0.150. The summed E-state index contributed by atoms with van der Waals surface area (Å²) in [6, 6.07) is 14.7. The number of hydrogen-bond acceptors (Lipinski definition) is 3. The van der Waals surface area contributed by atoms with Crippen LogP contribution in [0.2, 0.25) is 5.02 Å². The number of nitrogens with zero attached hydrogens (tertiary/aromatic N) is 2. The van der Waals surface area contributed by atoms with Gasteiger partial charge < -0.3 is 10.2 Å². The van der Waals surface area contributed by atoms with Crippen molar-refractivity contribution in [3.8, 4) is 0 Å². The molecule has 0 bridgehead atoms. The van der Waals surface area contributed by atoms with Gasteiger partial charge in [-0.25, -0.2) is 4.39 Å². The molecule has 2 aliphatic heterocycles. The van der Waals surface area contributed by atoms with Gasteiger partial charge in [-0.15, -0.1) is 0 Å². The molecule has 1 amide bonds. The second-order valence-corrected chi connectivity index (χ2v) is 8.49. The maximum absolute atomic E-state index is 13.5. The summed E-state index contributed by atoms with van der Waals surface area (Å²) in [4.78, 5) is 17.8. The van der Waals surface area contributed by atoms with Crippen molar-refractivity contribution in [2.45, 2.75) is 44.4 Å². The first-order valence-electron chi connectivity index (χ1n) is 10.3. The largest absolute Gasteiger partial charge is 0.335 e. The van der Waals surface area contributed by atoms with Crippen molar-refractivity contribution in [1.29, 1.82) is 0 Å². The van der Waals surface area contributed by atoms with Gasteiger partial charge in [0.05, 0.1) is 6.04 Å². The second kappa shape index (κ2) is 8.82. The average Bonchev–Trinajstić information content (AvgIpc) is 2.74. The third-order valence-electron chi connectivity index (χ3n) is 6.09. The quantitative estimate of drug-likeness (QED) is 0.812. The lowest BCUT2D eigenvalue weighted by atomic mass is 9.94. The van der Waals surface area contributed by atoms with Gasteiger partial charge in [0.1, 0.15) is 5.82 Å². The van der Waals surface area contributed by atoms with Crippen LogP contribution in [-0.4, -0.2) is 53.5 Å². The summed E-state index contributed by atoms with van der Waals surface area (Å²) in [6.45, 7) is 5.14. The fourth-order valence-corrected chi connectivity index (χ4v) is 4.54. The highest BCUT2D eigenvalue weighted by Crippen LogP contribution is 2.25. The molecule has 6 heteroatoms. The molecule has 2 heterocycles.